The Kier molecular flexibility index (Phi) is 5.96. The van der Waals surface area contributed by atoms with Crippen molar-refractivity contribution in [2.24, 2.45) is 5.73 Å². The number of rotatable bonds is 6. The van der Waals surface area contributed by atoms with E-state index in [2.05, 4.69) is 0 Å². The topological polar surface area (TPSA) is 52.3 Å². The normalized spacial score (nSPS) is 12.1. The number of hydrogen-bond acceptors (Lipinski definition) is 4. The Morgan fingerprint density at radius 1 is 1.44 bits per heavy atom. The second-order valence-electron chi connectivity index (χ2n) is 3.31. The summed E-state index contributed by atoms with van der Waals surface area (Å²) in [4.78, 5) is 12.4. The predicted octanol–water partition coefficient (Wildman–Crippen LogP) is 2.06. The van der Waals surface area contributed by atoms with Gasteiger partial charge < -0.3 is 10.5 Å². The first-order valence-electron chi connectivity index (χ1n) is 5.34. The van der Waals surface area contributed by atoms with E-state index in [0.717, 1.165) is 5.75 Å². The maximum Gasteiger partial charge on any atom is 0.322 e. The molecule has 1 unspecified atom stereocenters. The Morgan fingerprint density at radius 3 is 2.75 bits per heavy atom. The molecule has 0 aliphatic rings. The third-order valence-corrected chi connectivity index (χ3v) is 3.08. The van der Waals surface area contributed by atoms with E-state index in [1.807, 2.05) is 30.3 Å². The standard InChI is InChI=1S/C12H17NO2S/c1-2-15-12(14)11(13)8-9-16-10-6-4-3-5-7-10/h3-7,11H,2,8-9,13H2,1H3. The lowest BCUT2D eigenvalue weighted by Crippen LogP contribution is -2.32. The van der Waals surface area contributed by atoms with Crippen LogP contribution in [0.3, 0.4) is 0 Å². The molecule has 1 aromatic carbocycles. The molecule has 0 radical (unpaired) electrons. The number of thioether (sulfide) groups is 1. The van der Waals surface area contributed by atoms with Crippen molar-refractivity contribution in [1.82, 2.24) is 0 Å². The maximum atomic E-state index is 11.2. The zero-order valence-electron chi connectivity index (χ0n) is 9.39. The minimum atomic E-state index is -0.504. The molecule has 0 heterocycles. The molecule has 0 aliphatic heterocycles. The Labute approximate surface area is 100 Å². The molecule has 1 atom stereocenters. The van der Waals surface area contributed by atoms with Gasteiger partial charge in [0.2, 0.25) is 0 Å². The molecule has 16 heavy (non-hydrogen) atoms. The molecule has 0 saturated heterocycles. The van der Waals surface area contributed by atoms with Crippen LogP contribution in [-0.4, -0.2) is 24.4 Å². The van der Waals surface area contributed by atoms with Crippen molar-refractivity contribution in [1.29, 1.82) is 0 Å². The fourth-order valence-corrected chi connectivity index (χ4v) is 2.14. The zero-order chi connectivity index (χ0) is 11.8. The smallest absolute Gasteiger partial charge is 0.322 e. The number of ether oxygens (including phenoxy) is 1. The highest BCUT2D eigenvalue weighted by atomic mass is 32.2. The molecule has 3 nitrogen and oxygen atoms in total. The van der Waals surface area contributed by atoms with Crippen LogP contribution in [0.25, 0.3) is 0 Å². The molecule has 0 spiro atoms. The first kappa shape index (κ1) is 13.1. The monoisotopic (exact) mass is 239 g/mol. The van der Waals surface area contributed by atoms with Crippen molar-refractivity contribution >= 4 is 17.7 Å². The molecule has 0 bridgehead atoms. The highest BCUT2D eigenvalue weighted by molar-refractivity contribution is 7.99. The van der Waals surface area contributed by atoms with E-state index >= 15 is 0 Å². The average molecular weight is 239 g/mol. The van der Waals surface area contributed by atoms with Gasteiger partial charge in [-0.2, -0.15) is 0 Å². The van der Waals surface area contributed by atoms with Gasteiger partial charge >= 0.3 is 5.97 Å². The number of carbonyl (C=O) groups excluding carboxylic acids is 1. The number of benzene rings is 1. The van der Waals surface area contributed by atoms with E-state index in [9.17, 15) is 4.79 Å². The van der Waals surface area contributed by atoms with Crippen molar-refractivity contribution in [3.05, 3.63) is 30.3 Å². The Morgan fingerprint density at radius 2 is 2.12 bits per heavy atom. The lowest BCUT2D eigenvalue weighted by atomic mass is 10.2. The van der Waals surface area contributed by atoms with Gasteiger partial charge in [-0.25, -0.2) is 0 Å². The van der Waals surface area contributed by atoms with Crippen molar-refractivity contribution < 1.29 is 9.53 Å². The van der Waals surface area contributed by atoms with Gasteiger partial charge in [0.25, 0.3) is 0 Å². The second-order valence-corrected chi connectivity index (χ2v) is 4.48. The van der Waals surface area contributed by atoms with Crippen LogP contribution in [-0.2, 0) is 9.53 Å². The van der Waals surface area contributed by atoms with E-state index < -0.39 is 6.04 Å². The van der Waals surface area contributed by atoms with E-state index in [4.69, 9.17) is 10.5 Å². The summed E-state index contributed by atoms with van der Waals surface area (Å²) < 4.78 is 4.83. The van der Waals surface area contributed by atoms with E-state index in [0.29, 0.717) is 13.0 Å². The quantitative estimate of drug-likeness (QED) is 0.610. The maximum absolute atomic E-state index is 11.2. The average Bonchev–Trinajstić information content (AvgIpc) is 2.30. The van der Waals surface area contributed by atoms with E-state index in [1.165, 1.54) is 4.90 Å². The second kappa shape index (κ2) is 7.30. The van der Waals surface area contributed by atoms with Crippen LogP contribution in [0.2, 0.25) is 0 Å². The van der Waals surface area contributed by atoms with Crippen LogP contribution in [0.5, 0.6) is 0 Å². The van der Waals surface area contributed by atoms with Crippen LogP contribution < -0.4 is 5.73 Å². The Balaban J connectivity index is 2.23. The molecular weight excluding hydrogens is 222 g/mol. The van der Waals surface area contributed by atoms with Crippen molar-refractivity contribution in [2.45, 2.75) is 24.3 Å². The Bertz CT molecular complexity index is 316. The van der Waals surface area contributed by atoms with Crippen LogP contribution >= 0.6 is 11.8 Å². The highest BCUT2D eigenvalue weighted by Crippen LogP contribution is 2.18. The minimum absolute atomic E-state index is 0.309. The van der Waals surface area contributed by atoms with Crippen LogP contribution in [0.4, 0.5) is 0 Å². The van der Waals surface area contributed by atoms with Crippen LogP contribution in [0.15, 0.2) is 35.2 Å². The van der Waals surface area contributed by atoms with Gasteiger partial charge in [0.05, 0.1) is 6.61 Å². The van der Waals surface area contributed by atoms with E-state index in [1.54, 1.807) is 18.7 Å². The van der Waals surface area contributed by atoms with Gasteiger partial charge in [0.15, 0.2) is 0 Å². The van der Waals surface area contributed by atoms with Crippen molar-refractivity contribution in [3.8, 4) is 0 Å². The summed E-state index contributed by atoms with van der Waals surface area (Å²) in [6, 6.07) is 9.55. The molecule has 1 aromatic rings. The number of nitrogens with two attached hydrogens (primary N) is 1. The summed E-state index contributed by atoms with van der Waals surface area (Å²) in [7, 11) is 0. The SMILES string of the molecule is CCOC(=O)C(N)CCSc1ccccc1. The van der Waals surface area contributed by atoms with Gasteiger partial charge in [0.1, 0.15) is 6.04 Å². The fraction of sp³-hybridized carbons (Fsp3) is 0.417. The lowest BCUT2D eigenvalue weighted by Gasteiger charge is -2.09. The van der Waals surface area contributed by atoms with Crippen molar-refractivity contribution in [3.63, 3.8) is 0 Å². The summed E-state index contributed by atoms with van der Waals surface area (Å²) in [5.41, 5.74) is 5.68. The number of carbonyl (C=O) groups is 1. The van der Waals surface area contributed by atoms with Gasteiger partial charge in [-0.1, -0.05) is 18.2 Å². The summed E-state index contributed by atoms with van der Waals surface area (Å²) in [6.07, 6.45) is 0.637. The molecule has 1 rings (SSSR count). The molecule has 0 amide bonds. The fourth-order valence-electron chi connectivity index (χ4n) is 1.19. The molecule has 0 fully saturated rings. The molecule has 2 N–H and O–H groups in total. The molecule has 88 valence electrons. The van der Waals surface area contributed by atoms with Crippen LogP contribution in [0, 0.1) is 0 Å². The predicted molar refractivity (Wildman–Crippen MR) is 66.4 cm³/mol. The summed E-state index contributed by atoms with van der Waals surface area (Å²) >= 11 is 1.70. The van der Waals surface area contributed by atoms with Crippen LogP contribution in [0.1, 0.15) is 13.3 Å². The van der Waals surface area contributed by atoms with Gasteiger partial charge in [-0.3, -0.25) is 4.79 Å². The van der Waals surface area contributed by atoms with E-state index in [-0.39, 0.29) is 5.97 Å². The van der Waals surface area contributed by atoms with Gasteiger partial charge in [-0.15, -0.1) is 11.8 Å². The molecule has 0 aromatic heterocycles. The summed E-state index contributed by atoms with van der Waals surface area (Å²) in [6.45, 7) is 2.17. The number of hydrogen-bond donors (Lipinski definition) is 1. The van der Waals surface area contributed by atoms with Gasteiger partial charge in [-0.05, 0) is 25.5 Å². The lowest BCUT2D eigenvalue weighted by molar-refractivity contribution is -0.144. The highest BCUT2D eigenvalue weighted by Gasteiger charge is 2.13. The third-order valence-electron chi connectivity index (χ3n) is 2.03. The third kappa shape index (κ3) is 4.68. The minimum Gasteiger partial charge on any atom is -0.465 e. The van der Waals surface area contributed by atoms with Gasteiger partial charge in [0, 0.05) is 10.6 Å². The first-order valence-corrected chi connectivity index (χ1v) is 6.32. The molecule has 0 saturated carbocycles. The molecular formula is C12H17NO2S. The first-order chi connectivity index (χ1) is 7.74. The zero-order valence-corrected chi connectivity index (χ0v) is 10.2. The Hall–Kier alpha value is -1.00. The summed E-state index contributed by atoms with van der Waals surface area (Å²) in [5, 5.41) is 0. The van der Waals surface area contributed by atoms with Crippen molar-refractivity contribution in [2.75, 3.05) is 12.4 Å². The molecule has 4 heteroatoms. The molecule has 0 aliphatic carbocycles. The largest absolute Gasteiger partial charge is 0.465 e. The number of esters is 1. The summed E-state index contributed by atoms with van der Waals surface area (Å²) in [5.74, 6) is 0.514.